The van der Waals surface area contributed by atoms with E-state index in [-0.39, 0.29) is 30.9 Å². The molecule has 0 unspecified atom stereocenters. The van der Waals surface area contributed by atoms with E-state index in [0.29, 0.717) is 30.8 Å². The minimum atomic E-state index is -0.608. The molecule has 0 bridgehead atoms. The lowest BCUT2D eigenvalue weighted by molar-refractivity contribution is -0.141. The van der Waals surface area contributed by atoms with Gasteiger partial charge in [0.1, 0.15) is 5.25 Å². The fraction of sp³-hybridized carbons (Fsp3) is 0.474. The molecular formula is C19H22N2O6S. The van der Waals surface area contributed by atoms with Gasteiger partial charge in [-0.3, -0.25) is 14.4 Å². The van der Waals surface area contributed by atoms with Gasteiger partial charge >= 0.3 is 11.9 Å². The van der Waals surface area contributed by atoms with Gasteiger partial charge in [-0.2, -0.15) is 0 Å². The van der Waals surface area contributed by atoms with Crippen LogP contribution in [0.15, 0.2) is 24.3 Å². The van der Waals surface area contributed by atoms with Crippen molar-refractivity contribution in [3.63, 3.8) is 0 Å². The Morgan fingerprint density at radius 1 is 1.18 bits per heavy atom. The first kappa shape index (κ1) is 20.2. The van der Waals surface area contributed by atoms with Crippen LogP contribution >= 0.6 is 11.8 Å². The number of rotatable bonds is 5. The van der Waals surface area contributed by atoms with Crippen LogP contribution in [0.25, 0.3) is 0 Å². The summed E-state index contributed by atoms with van der Waals surface area (Å²) in [5.41, 5.74) is 1.06. The highest BCUT2D eigenvalue weighted by molar-refractivity contribution is 8.00. The third-order valence-electron chi connectivity index (χ3n) is 4.70. The van der Waals surface area contributed by atoms with E-state index in [0.717, 1.165) is 12.1 Å². The Kier molecular flexibility index (Phi) is 6.56. The molecule has 1 atom stereocenters. The van der Waals surface area contributed by atoms with Gasteiger partial charge < -0.3 is 19.3 Å². The summed E-state index contributed by atoms with van der Waals surface area (Å²) in [5, 5.41) is -0.417. The summed E-state index contributed by atoms with van der Waals surface area (Å²) in [5.74, 6) is -0.622. The molecule has 2 saturated heterocycles. The van der Waals surface area contributed by atoms with E-state index < -0.39 is 11.2 Å². The standard InChI is InChI=1S/C19H22N2O6S/c1-26-19(25)15-11-20(9-10-28-15)17(23)12-27-18(24)13-4-6-14(7-5-13)21-8-2-3-16(21)22/h4-7,15H,2-3,8-12H2,1H3/t15-/m0/s1. The van der Waals surface area contributed by atoms with Crippen molar-refractivity contribution >= 4 is 41.2 Å². The second kappa shape index (κ2) is 9.09. The Balaban J connectivity index is 1.51. The topological polar surface area (TPSA) is 93.2 Å². The van der Waals surface area contributed by atoms with Crippen LogP contribution < -0.4 is 4.90 Å². The first-order chi connectivity index (χ1) is 13.5. The molecule has 0 spiro atoms. The summed E-state index contributed by atoms with van der Waals surface area (Å²) in [4.78, 5) is 51.1. The number of nitrogens with zero attached hydrogens (tertiary/aromatic N) is 2. The molecule has 2 aliphatic rings. The Labute approximate surface area is 167 Å². The third kappa shape index (κ3) is 4.64. The molecule has 3 rings (SSSR count). The number of hydrogen-bond donors (Lipinski definition) is 0. The van der Waals surface area contributed by atoms with Crippen molar-refractivity contribution in [3.05, 3.63) is 29.8 Å². The van der Waals surface area contributed by atoms with E-state index in [1.807, 2.05) is 0 Å². The number of methoxy groups -OCH3 is 1. The van der Waals surface area contributed by atoms with E-state index in [4.69, 9.17) is 9.47 Å². The number of thioether (sulfide) groups is 1. The highest BCUT2D eigenvalue weighted by Gasteiger charge is 2.30. The molecule has 8 nitrogen and oxygen atoms in total. The SMILES string of the molecule is COC(=O)[C@@H]1CN(C(=O)COC(=O)c2ccc(N3CCCC3=O)cc2)CCS1. The van der Waals surface area contributed by atoms with E-state index in [2.05, 4.69) is 0 Å². The molecule has 0 aromatic heterocycles. The Morgan fingerprint density at radius 2 is 1.93 bits per heavy atom. The minimum absolute atomic E-state index is 0.0749. The molecule has 1 aromatic rings. The summed E-state index contributed by atoms with van der Waals surface area (Å²) < 4.78 is 9.84. The zero-order valence-electron chi connectivity index (χ0n) is 15.6. The molecule has 0 N–H and O–H groups in total. The van der Waals surface area contributed by atoms with E-state index >= 15 is 0 Å². The van der Waals surface area contributed by atoms with Gasteiger partial charge in [0.05, 0.1) is 12.7 Å². The predicted octanol–water partition coefficient (Wildman–Crippen LogP) is 1.09. The van der Waals surface area contributed by atoms with Crippen molar-refractivity contribution in [3.8, 4) is 0 Å². The zero-order chi connectivity index (χ0) is 20.1. The Morgan fingerprint density at radius 3 is 2.57 bits per heavy atom. The zero-order valence-corrected chi connectivity index (χ0v) is 16.4. The maximum absolute atomic E-state index is 12.3. The summed E-state index contributed by atoms with van der Waals surface area (Å²) >= 11 is 1.45. The van der Waals surface area contributed by atoms with Gasteiger partial charge in [-0.1, -0.05) is 0 Å². The van der Waals surface area contributed by atoms with Gasteiger partial charge in [-0.15, -0.1) is 11.8 Å². The second-order valence-corrected chi connectivity index (χ2v) is 7.80. The smallest absolute Gasteiger partial charge is 0.338 e. The average molecular weight is 406 g/mol. The number of hydrogen-bond acceptors (Lipinski definition) is 7. The average Bonchev–Trinajstić information content (AvgIpc) is 3.17. The number of amides is 2. The first-order valence-electron chi connectivity index (χ1n) is 9.04. The maximum atomic E-state index is 12.3. The number of anilines is 1. The molecule has 28 heavy (non-hydrogen) atoms. The molecular weight excluding hydrogens is 384 g/mol. The van der Waals surface area contributed by atoms with Crippen LogP contribution in [-0.4, -0.2) is 73.0 Å². The maximum Gasteiger partial charge on any atom is 0.338 e. The lowest BCUT2D eigenvalue weighted by Gasteiger charge is -2.30. The van der Waals surface area contributed by atoms with Crippen molar-refractivity contribution in [2.75, 3.05) is 44.0 Å². The monoisotopic (exact) mass is 406 g/mol. The van der Waals surface area contributed by atoms with E-state index in [1.54, 1.807) is 29.2 Å². The summed E-state index contributed by atoms with van der Waals surface area (Å²) in [6, 6.07) is 6.56. The number of carbonyl (C=O) groups is 4. The fourth-order valence-electron chi connectivity index (χ4n) is 3.15. The van der Waals surface area contributed by atoms with Crippen LogP contribution in [0.1, 0.15) is 23.2 Å². The molecule has 0 saturated carbocycles. The molecule has 9 heteroatoms. The Bertz CT molecular complexity index is 766. The van der Waals surface area contributed by atoms with Crippen molar-refractivity contribution in [1.29, 1.82) is 0 Å². The van der Waals surface area contributed by atoms with Crippen molar-refractivity contribution in [2.45, 2.75) is 18.1 Å². The van der Waals surface area contributed by atoms with Crippen molar-refractivity contribution in [2.24, 2.45) is 0 Å². The van der Waals surface area contributed by atoms with Crippen LogP contribution in [0.2, 0.25) is 0 Å². The number of ether oxygens (including phenoxy) is 2. The van der Waals surface area contributed by atoms with E-state index in [1.165, 1.54) is 23.8 Å². The molecule has 2 amide bonds. The van der Waals surface area contributed by atoms with Crippen molar-refractivity contribution < 1.29 is 28.7 Å². The highest BCUT2D eigenvalue weighted by atomic mass is 32.2. The minimum Gasteiger partial charge on any atom is -0.468 e. The largest absolute Gasteiger partial charge is 0.468 e. The van der Waals surface area contributed by atoms with Gasteiger partial charge in [0.25, 0.3) is 5.91 Å². The third-order valence-corrected chi connectivity index (χ3v) is 5.86. The lowest BCUT2D eigenvalue weighted by atomic mass is 10.2. The van der Waals surface area contributed by atoms with Crippen LogP contribution in [0, 0.1) is 0 Å². The quantitative estimate of drug-likeness (QED) is 0.676. The van der Waals surface area contributed by atoms with Gasteiger partial charge in [0.15, 0.2) is 6.61 Å². The van der Waals surface area contributed by atoms with E-state index in [9.17, 15) is 19.2 Å². The molecule has 2 heterocycles. The van der Waals surface area contributed by atoms with Crippen LogP contribution in [0.3, 0.4) is 0 Å². The predicted molar refractivity (Wildman–Crippen MR) is 103 cm³/mol. The second-order valence-electron chi connectivity index (χ2n) is 6.49. The molecule has 150 valence electrons. The van der Waals surface area contributed by atoms with Crippen molar-refractivity contribution in [1.82, 2.24) is 4.90 Å². The van der Waals surface area contributed by atoms with Gasteiger partial charge in [-0.25, -0.2) is 4.79 Å². The molecule has 2 aliphatic heterocycles. The molecule has 0 aliphatic carbocycles. The molecule has 2 fully saturated rings. The van der Waals surface area contributed by atoms with Gasteiger partial charge in [0, 0.05) is 37.5 Å². The first-order valence-corrected chi connectivity index (χ1v) is 10.1. The lowest BCUT2D eigenvalue weighted by Crippen LogP contribution is -2.46. The Hall–Kier alpha value is -2.55. The van der Waals surface area contributed by atoms with Gasteiger partial charge in [0.2, 0.25) is 5.91 Å². The van der Waals surface area contributed by atoms with Crippen LogP contribution in [-0.2, 0) is 23.9 Å². The number of esters is 2. The fourth-order valence-corrected chi connectivity index (χ4v) is 4.28. The summed E-state index contributed by atoms with van der Waals surface area (Å²) in [6.07, 6.45) is 1.37. The summed E-state index contributed by atoms with van der Waals surface area (Å²) in [6.45, 7) is 1.03. The van der Waals surface area contributed by atoms with Crippen LogP contribution in [0.5, 0.6) is 0 Å². The highest BCUT2D eigenvalue weighted by Crippen LogP contribution is 2.22. The number of carbonyl (C=O) groups excluding carboxylic acids is 4. The molecule has 1 aromatic carbocycles. The summed E-state index contributed by atoms with van der Waals surface area (Å²) in [7, 11) is 1.32. The molecule has 0 radical (unpaired) electrons. The van der Waals surface area contributed by atoms with Gasteiger partial charge in [-0.05, 0) is 30.7 Å². The normalized spacial score (nSPS) is 19.5. The number of benzene rings is 1. The van der Waals surface area contributed by atoms with Crippen LogP contribution in [0.4, 0.5) is 5.69 Å².